The summed E-state index contributed by atoms with van der Waals surface area (Å²) < 4.78 is 2.41. The lowest BCUT2D eigenvalue weighted by Gasteiger charge is -2.13. The smallest absolute Gasteiger partial charge is 0.0540 e. The Kier molecular flexibility index (Phi) is 9.05. The Bertz CT molecular complexity index is 2690. The highest BCUT2D eigenvalue weighted by atomic mass is 15.0. The summed E-state index contributed by atoms with van der Waals surface area (Å²) in [5.74, 6) is 0. The molecule has 258 valence electrons. The number of aromatic nitrogens is 1. The van der Waals surface area contributed by atoms with E-state index in [1.54, 1.807) is 0 Å². The Balaban J connectivity index is 1.03. The monoisotopic (exact) mass is 691 g/mol. The van der Waals surface area contributed by atoms with Crippen molar-refractivity contribution in [1.82, 2.24) is 4.57 Å². The van der Waals surface area contributed by atoms with Crippen molar-refractivity contribution in [3.63, 3.8) is 0 Å². The molecule has 0 saturated heterocycles. The second kappa shape index (κ2) is 14.7. The lowest BCUT2D eigenvalue weighted by Crippen LogP contribution is -1.95. The maximum Gasteiger partial charge on any atom is 0.0540 e. The highest BCUT2D eigenvalue weighted by Crippen LogP contribution is 2.37. The SMILES string of the molecule is CC/C=C(\C=C/Cc1ccc(-c2ccc(-c3cc(-c4ccccc4)cc(-c4ccccc4)c3)cc2)c2ccccc12)n1c2ccccc2c2ccccc21. The number of allylic oxidation sites excluding steroid dienone is 4. The molecule has 0 N–H and O–H groups in total. The molecule has 0 bridgehead atoms. The molecule has 0 radical (unpaired) electrons. The van der Waals surface area contributed by atoms with Crippen LogP contribution < -0.4 is 0 Å². The van der Waals surface area contributed by atoms with Crippen molar-refractivity contribution in [1.29, 1.82) is 0 Å². The fraction of sp³-hybridized carbons (Fsp3) is 0.0566. The Morgan fingerprint density at radius 2 is 0.889 bits per heavy atom. The Morgan fingerprint density at radius 3 is 1.44 bits per heavy atom. The van der Waals surface area contributed by atoms with Gasteiger partial charge in [0.25, 0.3) is 0 Å². The first-order valence-electron chi connectivity index (χ1n) is 19.0. The third-order valence-corrected chi connectivity index (χ3v) is 10.6. The van der Waals surface area contributed by atoms with Gasteiger partial charge in [-0.25, -0.2) is 0 Å². The molecule has 8 aromatic carbocycles. The highest BCUT2D eigenvalue weighted by molar-refractivity contribution is 6.10. The number of para-hydroxylation sites is 2. The predicted molar refractivity (Wildman–Crippen MR) is 233 cm³/mol. The van der Waals surface area contributed by atoms with Gasteiger partial charge in [0.2, 0.25) is 0 Å². The van der Waals surface area contributed by atoms with Crippen molar-refractivity contribution < 1.29 is 0 Å². The van der Waals surface area contributed by atoms with Crippen LogP contribution in [0.4, 0.5) is 0 Å². The van der Waals surface area contributed by atoms with Crippen molar-refractivity contribution in [3.8, 4) is 44.5 Å². The molecule has 9 aromatic rings. The van der Waals surface area contributed by atoms with Gasteiger partial charge in [-0.3, -0.25) is 0 Å². The molecule has 0 aliphatic carbocycles. The average molecular weight is 692 g/mol. The number of hydrogen-bond acceptors (Lipinski definition) is 0. The van der Waals surface area contributed by atoms with Gasteiger partial charge in [0.15, 0.2) is 0 Å². The standard InChI is InChI=1S/C53H41N/c1-2-16-46(54-52-27-13-11-25-50(52)51-26-12-14-28-53(51)54)22-15-21-41-33-34-48(49-24-10-9-23-47(41)49)42-31-29-40(30-32-42)45-36-43(38-17-5-3-6-18-38)35-44(37-45)39-19-7-4-8-20-39/h3-20,22-37H,2,21H2,1H3/b22-15-,46-16+. The average Bonchev–Trinajstić information content (AvgIpc) is 3.58. The van der Waals surface area contributed by atoms with E-state index in [9.17, 15) is 0 Å². The second-order valence-electron chi connectivity index (χ2n) is 13.9. The van der Waals surface area contributed by atoms with Gasteiger partial charge in [0.05, 0.1) is 11.0 Å². The van der Waals surface area contributed by atoms with Gasteiger partial charge in [-0.05, 0) is 110 Å². The van der Waals surface area contributed by atoms with Crippen LogP contribution >= 0.6 is 0 Å². The fourth-order valence-electron chi connectivity index (χ4n) is 7.97. The Hall–Kier alpha value is -6.70. The van der Waals surface area contributed by atoms with Crippen LogP contribution in [-0.4, -0.2) is 4.57 Å². The van der Waals surface area contributed by atoms with E-state index < -0.39 is 0 Å². The van der Waals surface area contributed by atoms with Crippen LogP contribution in [0.25, 0.3) is 82.8 Å². The van der Waals surface area contributed by atoms with Gasteiger partial charge in [0, 0.05) is 16.5 Å². The summed E-state index contributed by atoms with van der Waals surface area (Å²) in [6.45, 7) is 2.21. The first-order valence-corrected chi connectivity index (χ1v) is 19.0. The van der Waals surface area contributed by atoms with Crippen LogP contribution in [0.15, 0.2) is 206 Å². The molecule has 0 saturated carbocycles. The van der Waals surface area contributed by atoms with Crippen LogP contribution in [0.2, 0.25) is 0 Å². The van der Waals surface area contributed by atoms with E-state index in [0.717, 1.165) is 12.8 Å². The summed E-state index contributed by atoms with van der Waals surface area (Å²) in [6.07, 6.45) is 8.78. The maximum atomic E-state index is 2.41. The van der Waals surface area contributed by atoms with Crippen molar-refractivity contribution in [2.24, 2.45) is 0 Å². The molecule has 0 amide bonds. The van der Waals surface area contributed by atoms with Gasteiger partial charge < -0.3 is 4.57 Å². The minimum absolute atomic E-state index is 0.847. The molecular formula is C53H41N. The molecule has 0 fully saturated rings. The van der Waals surface area contributed by atoms with Crippen LogP contribution in [0, 0.1) is 0 Å². The van der Waals surface area contributed by atoms with Crippen molar-refractivity contribution in [2.45, 2.75) is 19.8 Å². The number of benzene rings is 8. The minimum atomic E-state index is 0.847. The van der Waals surface area contributed by atoms with Crippen LogP contribution in [0.3, 0.4) is 0 Å². The maximum absolute atomic E-state index is 2.41. The van der Waals surface area contributed by atoms with E-state index in [1.165, 1.54) is 88.3 Å². The summed E-state index contributed by atoms with van der Waals surface area (Å²) in [5, 5.41) is 5.15. The van der Waals surface area contributed by atoms with E-state index in [1.807, 2.05) is 0 Å². The summed E-state index contributed by atoms with van der Waals surface area (Å²) in [4.78, 5) is 0. The van der Waals surface area contributed by atoms with Crippen LogP contribution in [0.1, 0.15) is 18.9 Å². The lowest BCUT2D eigenvalue weighted by molar-refractivity contribution is 1.16. The summed E-state index contributed by atoms with van der Waals surface area (Å²) in [6, 6.07) is 68.3. The van der Waals surface area contributed by atoms with E-state index in [-0.39, 0.29) is 0 Å². The van der Waals surface area contributed by atoms with Crippen molar-refractivity contribution in [3.05, 3.63) is 212 Å². The molecule has 54 heavy (non-hydrogen) atoms. The van der Waals surface area contributed by atoms with E-state index in [0.29, 0.717) is 0 Å². The molecule has 1 heteroatoms. The van der Waals surface area contributed by atoms with Gasteiger partial charge in [-0.1, -0.05) is 177 Å². The number of hydrogen-bond donors (Lipinski definition) is 0. The molecule has 0 aliphatic rings. The number of rotatable bonds is 9. The van der Waals surface area contributed by atoms with Gasteiger partial charge in [0.1, 0.15) is 0 Å². The molecule has 1 aromatic heterocycles. The molecule has 0 unspecified atom stereocenters. The Morgan fingerprint density at radius 1 is 0.426 bits per heavy atom. The van der Waals surface area contributed by atoms with E-state index in [2.05, 4.69) is 218 Å². The summed E-state index contributed by atoms with van der Waals surface area (Å²) >= 11 is 0. The third kappa shape index (κ3) is 6.35. The Labute approximate surface area is 317 Å². The molecule has 1 nitrogen and oxygen atoms in total. The van der Waals surface area contributed by atoms with Gasteiger partial charge in [-0.15, -0.1) is 0 Å². The zero-order valence-electron chi connectivity index (χ0n) is 30.5. The van der Waals surface area contributed by atoms with E-state index >= 15 is 0 Å². The molecule has 0 atom stereocenters. The van der Waals surface area contributed by atoms with Crippen molar-refractivity contribution in [2.75, 3.05) is 0 Å². The summed E-state index contributed by atoms with van der Waals surface area (Å²) in [7, 11) is 0. The second-order valence-corrected chi connectivity index (χ2v) is 13.9. The van der Waals surface area contributed by atoms with E-state index in [4.69, 9.17) is 0 Å². The summed E-state index contributed by atoms with van der Waals surface area (Å²) in [5.41, 5.74) is 14.8. The predicted octanol–water partition coefficient (Wildman–Crippen LogP) is 14.7. The molecule has 0 spiro atoms. The first-order chi connectivity index (χ1) is 26.7. The molecular weight excluding hydrogens is 651 g/mol. The highest BCUT2D eigenvalue weighted by Gasteiger charge is 2.13. The minimum Gasteiger partial charge on any atom is -0.310 e. The van der Waals surface area contributed by atoms with Crippen molar-refractivity contribution >= 4 is 38.3 Å². The number of fused-ring (bicyclic) bond motifs is 4. The van der Waals surface area contributed by atoms with Crippen LogP contribution in [0.5, 0.6) is 0 Å². The van der Waals surface area contributed by atoms with Gasteiger partial charge in [-0.2, -0.15) is 0 Å². The number of nitrogens with zero attached hydrogens (tertiary/aromatic N) is 1. The fourth-order valence-corrected chi connectivity index (χ4v) is 7.97. The zero-order valence-corrected chi connectivity index (χ0v) is 30.5. The lowest BCUT2D eigenvalue weighted by atomic mass is 9.91. The molecule has 1 heterocycles. The largest absolute Gasteiger partial charge is 0.310 e. The third-order valence-electron chi connectivity index (χ3n) is 10.6. The van der Waals surface area contributed by atoms with Crippen LogP contribution in [-0.2, 0) is 6.42 Å². The quantitative estimate of drug-likeness (QED) is 0.133. The topological polar surface area (TPSA) is 4.93 Å². The normalized spacial score (nSPS) is 12.0. The molecule has 0 aliphatic heterocycles. The molecule has 9 rings (SSSR count). The first kappa shape index (κ1) is 33.2. The van der Waals surface area contributed by atoms with Gasteiger partial charge >= 0.3 is 0 Å². The zero-order chi connectivity index (χ0) is 36.3.